The quantitative estimate of drug-likeness (QED) is 0.530. The minimum Gasteiger partial charge on any atom is -0.361 e. The highest BCUT2D eigenvalue weighted by molar-refractivity contribution is 5.84. The first-order chi connectivity index (χ1) is 9.40. The van der Waals surface area contributed by atoms with Crippen LogP contribution in [0.25, 0.3) is 21.8 Å². The van der Waals surface area contributed by atoms with Crippen molar-refractivity contribution in [1.29, 1.82) is 0 Å². The van der Waals surface area contributed by atoms with Gasteiger partial charge in [0, 0.05) is 34.7 Å². The van der Waals surface area contributed by atoms with Crippen LogP contribution in [0.3, 0.4) is 0 Å². The minimum atomic E-state index is 0.929. The van der Waals surface area contributed by atoms with Gasteiger partial charge in [0.25, 0.3) is 0 Å². The molecule has 92 valence electrons. The van der Waals surface area contributed by atoms with Gasteiger partial charge >= 0.3 is 0 Å². The van der Waals surface area contributed by atoms with Gasteiger partial charge in [-0.15, -0.1) is 0 Å². The van der Waals surface area contributed by atoms with Crippen molar-refractivity contribution >= 4 is 21.8 Å². The highest BCUT2D eigenvalue weighted by Crippen LogP contribution is 2.22. The fraction of sp³-hybridized carbons (Fsp3) is 0.0588. The standard InChI is InChI=1S/C17H14N2/c1-3-7-16-12(5-1)9-14(19-16)10-13-11-18-17-8-4-2-6-15(13)17/h1-9,11,18-19H,10H2. The molecule has 0 saturated carbocycles. The van der Waals surface area contributed by atoms with E-state index in [0.717, 1.165) is 6.42 Å². The van der Waals surface area contributed by atoms with Gasteiger partial charge in [0.2, 0.25) is 0 Å². The van der Waals surface area contributed by atoms with Gasteiger partial charge in [-0.25, -0.2) is 0 Å². The summed E-state index contributed by atoms with van der Waals surface area (Å²) in [5.41, 5.74) is 5.00. The van der Waals surface area contributed by atoms with E-state index in [-0.39, 0.29) is 0 Å². The topological polar surface area (TPSA) is 31.6 Å². The smallest absolute Gasteiger partial charge is 0.0456 e. The maximum Gasteiger partial charge on any atom is 0.0456 e. The number of hydrogen-bond acceptors (Lipinski definition) is 0. The van der Waals surface area contributed by atoms with E-state index >= 15 is 0 Å². The normalized spacial score (nSPS) is 11.4. The Kier molecular flexibility index (Phi) is 2.21. The average molecular weight is 246 g/mol. The number of fused-ring (bicyclic) bond motifs is 2. The predicted octanol–water partition coefficient (Wildman–Crippen LogP) is 4.24. The van der Waals surface area contributed by atoms with Crippen LogP contribution in [0.1, 0.15) is 11.3 Å². The molecule has 0 atom stereocenters. The van der Waals surface area contributed by atoms with Crippen LogP contribution in [0.15, 0.2) is 60.8 Å². The third-order valence-corrected chi connectivity index (χ3v) is 3.64. The van der Waals surface area contributed by atoms with Crippen LogP contribution >= 0.6 is 0 Å². The zero-order valence-electron chi connectivity index (χ0n) is 10.5. The van der Waals surface area contributed by atoms with Gasteiger partial charge in [-0.2, -0.15) is 0 Å². The number of rotatable bonds is 2. The Morgan fingerprint density at radius 2 is 1.63 bits per heavy atom. The molecule has 2 N–H and O–H groups in total. The molecule has 0 radical (unpaired) electrons. The van der Waals surface area contributed by atoms with E-state index in [1.54, 1.807) is 0 Å². The van der Waals surface area contributed by atoms with Crippen molar-refractivity contribution in [2.75, 3.05) is 0 Å². The summed E-state index contributed by atoms with van der Waals surface area (Å²) in [6.45, 7) is 0. The molecule has 4 aromatic rings. The first-order valence-corrected chi connectivity index (χ1v) is 6.52. The zero-order chi connectivity index (χ0) is 12.7. The van der Waals surface area contributed by atoms with Crippen LogP contribution in [-0.2, 0) is 6.42 Å². The van der Waals surface area contributed by atoms with Gasteiger partial charge in [0.1, 0.15) is 0 Å². The molecule has 0 fully saturated rings. The molecule has 2 nitrogen and oxygen atoms in total. The molecule has 4 rings (SSSR count). The molecule has 0 amide bonds. The Hall–Kier alpha value is -2.48. The third-order valence-electron chi connectivity index (χ3n) is 3.64. The summed E-state index contributed by atoms with van der Waals surface area (Å²) in [6, 6.07) is 19.1. The zero-order valence-corrected chi connectivity index (χ0v) is 10.5. The Morgan fingerprint density at radius 3 is 2.53 bits per heavy atom. The van der Waals surface area contributed by atoms with Gasteiger partial charge in [-0.05, 0) is 29.1 Å². The molecule has 19 heavy (non-hydrogen) atoms. The Bertz CT molecular complexity index is 819. The number of hydrogen-bond donors (Lipinski definition) is 2. The van der Waals surface area contributed by atoms with Gasteiger partial charge in [-0.3, -0.25) is 0 Å². The summed E-state index contributed by atoms with van der Waals surface area (Å²) < 4.78 is 0. The monoisotopic (exact) mass is 246 g/mol. The fourth-order valence-electron chi connectivity index (χ4n) is 2.71. The van der Waals surface area contributed by atoms with E-state index in [2.05, 4.69) is 70.8 Å². The lowest BCUT2D eigenvalue weighted by atomic mass is 10.1. The van der Waals surface area contributed by atoms with Crippen molar-refractivity contribution in [2.24, 2.45) is 0 Å². The number of aromatic nitrogens is 2. The van der Waals surface area contributed by atoms with Crippen molar-refractivity contribution in [3.8, 4) is 0 Å². The molecule has 0 aliphatic carbocycles. The summed E-state index contributed by atoms with van der Waals surface area (Å²) in [7, 11) is 0. The molecule has 0 bridgehead atoms. The summed E-state index contributed by atoms with van der Waals surface area (Å²) in [5, 5.41) is 2.58. The Balaban J connectivity index is 1.78. The van der Waals surface area contributed by atoms with Crippen molar-refractivity contribution in [2.45, 2.75) is 6.42 Å². The van der Waals surface area contributed by atoms with Gasteiger partial charge in [-0.1, -0.05) is 36.4 Å². The number of H-pyrrole nitrogens is 2. The molecule has 2 heterocycles. The predicted molar refractivity (Wildman–Crippen MR) is 79.4 cm³/mol. The maximum atomic E-state index is 3.48. The number of benzene rings is 2. The van der Waals surface area contributed by atoms with Gasteiger partial charge < -0.3 is 9.97 Å². The van der Waals surface area contributed by atoms with Crippen LogP contribution in [0.2, 0.25) is 0 Å². The molecular weight excluding hydrogens is 232 g/mol. The van der Waals surface area contributed by atoms with E-state index in [1.165, 1.54) is 33.1 Å². The molecule has 0 spiro atoms. The highest BCUT2D eigenvalue weighted by atomic mass is 14.7. The van der Waals surface area contributed by atoms with Crippen molar-refractivity contribution in [3.63, 3.8) is 0 Å². The second-order valence-corrected chi connectivity index (χ2v) is 4.92. The molecule has 0 aliphatic heterocycles. The SMILES string of the molecule is c1ccc2[nH]c(Cc3c[nH]c4ccccc34)cc2c1. The van der Waals surface area contributed by atoms with Crippen molar-refractivity contribution in [3.05, 3.63) is 72.1 Å². The van der Waals surface area contributed by atoms with E-state index in [1.807, 2.05) is 0 Å². The lowest BCUT2D eigenvalue weighted by Gasteiger charge is -1.96. The first kappa shape index (κ1) is 10.4. The molecule has 2 aromatic heterocycles. The van der Waals surface area contributed by atoms with E-state index in [0.29, 0.717) is 0 Å². The van der Waals surface area contributed by atoms with E-state index in [9.17, 15) is 0 Å². The van der Waals surface area contributed by atoms with Crippen LogP contribution in [-0.4, -0.2) is 9.97 Å². The Morgan fingerprint density at radius 1 is 0.842 bits per heavy atom. The number of para-hydroxylation sites is 2. The number of aromatic amines is 2. The van der Waals surface area contributed by atoms with Crippen LogP contribution in [0, 0.1) is 0 Å². The second kappa shape index (κ2) is 4.02. The maximum absolute atomic E-state index is 3.48. The van der Waals surface area contributed by atoms with Crippen LogP contribution in [0.5, 0.6) is 0 Å². The van der Waals surface area contributed by atoms with Gasteiger partial charge in [0.15, 0.2) is 0 Å². The van der Waals surface area contributed by atoms with Crippen LogP contribution < -0.4 is 0 Å². The lowest BCUT2D eigenvalue weighted by molar-refractivity contribution is 1.13. The lowest BCUT2D eigenvalue weighted by Crippen LogP contribution is -1.85. The van der Waals surface area contributed by atoms with E-state index < -0.39 is 0 Å². The molecular formula is C17H14N2. The summed E-state index contributed by atoms with van der Waals surface area (Å²) >= 11 is 0. The van der Waals surface area contributed by atoms with E-state index in [4.69, 9.17) is 0 Å². The fourth-order valence-corrected chi connectivity index (χ4v) is 2.71. The molecule has 2 heteroatoms. The first-order valence-electron chi connectivity index (χ1n) is 6.52. The van der Waals surface area contributed by atoms with Gasteiger partial charge in [0.05, 0.1) is 0 Å². The Labute approximate surface area is 111 Å². The third kappa shape index (κ3) is 1.73. The second-order valence-electron chi connectivity index (χ2n) is 4.92. The molecule has 0 unspecified atom stereocenters. The summed E-state index contributed by atoms with van der Waals surface area (Å²) in [6.07, 6.45) is 3.04. The summed E-state index contributed by atoms with van der Waals surface area (Å²) in [5.74, 6) is 0. The largest absolute Gasteiger partial charge is 0.361 e. The molecule has 0 aliphatic rings. The molecule has 0 saturated heterocycles. The highest BCUT2D eigenvalue weighted by Gasteiger charge is 2.06. The number of nitrogens with one attached hydrogen (secondary N) is 2. The average Bonchev–Trinajstić information content (AvgIpc) is 3.03. The van der Waals surface area contributed by atoms with Crippen LogP contribution in [0.4, 0.5) is 0 Å². The minimum absolute atomic E-state index is 0.929. The van der Waals surface area contributed by atoms with Crippen molar-refractivity contribution < 1.29 is 0 Å². The van der Waals surface area contributed by atoms with Crippen molar-refractivity contribution in [1.82, 2.24) is 9.97 Å². The summed E-state index contributed by atoms with van der Waals surface area (Å²) in [4.78, 5) is 6.81. The molecule has 2 aromatic carbocycles.